The molecule has 5 heteroatoms. The van der Waals surface area contributed by atoms with Crippen LogP contribution in [0.25, 0.3) is 0 Å². The summed E-state index contributed by atoms with van der Waals surface area (Å²) >= 11 is 0. The number of carbonyl (C=O) groups is 1. The van der Waals surface area contributed by atoms with E-state index in [0.717, 1.165) is 30.1 Å². The molecule has 1 fully saturated rings. The number of amides is 1. The fourth-order valence-electron chi connectivity index (χ4n) is 2.53. The second-order valence-electron chi connectivity index (χ2n) is 5.78. The lowest BCUT2D eigenvalue weighted by atomic mass is 10.0. The second-order valence-corrected chi connectivity index (χ2v) is 5.78. The van der Waals surface area contributed by atoms with Gasteiger partial charge in [0.2, 0.25) is 5.91 Å². The summed E-state index contributed by atoms with van der Waals surface area (Å²) in [4.78, 5) is 14.3. The Morgan fingerprint density at radius 2 is 2.09 bits per heavy atom. The lowest BCUT2D eigenvalue weighted by Crippen LogP contribution is -2.41. The Morgan fingerprint density at radius 3 is 2.73 bits per heavy atom. The highest BCUT2D eigenvalue weighted by Crippen LogP contribution is 2.29. The monoisotopic (exact) mass is 306 g/mol. The zero-order valence-corrected chi connectivity index (χ0v) is 13.7. The van der Waals surface area contributed by atoms with Gasteiger partial charge in [0.25, 0.3) is 0 Å². The molecule has 2 rings (SSSR count). The molecule has 22 heavy (non-hydrogen) atoms. The van der Waals surface area contributed by atoms with E-state index in [1.54, 1.807) is 0 Å². The third kappa shape index (κ3) is 4.71. The van der Waals surface area contributed by atoms with E-state index in [1.165, 1.54) is 0 Å². The van der Waals surface area contributed by atoms with E-state index >= 15 is 0 Å². The average molecular weight is 306 g/mol. The predicted octanol–water partition coefficient (Wildman–Crippen LogP) is 2.48. The number of hydrogen-bond donors (Lipinski definition) is 1. The minimum absolute atomic E-state index is 0.0146. The van der Waals surface area contributed by atoms with Gasteiger partial charge in [-0.25, -0.2) is 0 Å². The number of anilines is 1. The van der Waals surface area contributed by atoms with Crippen molar-refractivity contribution >= 4 is 11.6 Å². The van der Waals surface area contributed by atoms with Crippen molar-refractivity contribution in [2.45, 2.75) is 26.7 Å². The molecule has 1 aliphatic rings. The van der Waals surface area contributed by atoms with E-state index in [0.29, 0.717) is 32.3 Å². The Bertz CT molecular complexity index is 497. The summed E-state index contributed by atoms with van der Waals surface area (Å²) in [7, 11) is 0. The molecule has 1 heterocycles. The topological polar surface area (TPSA) is 50.8 Å². The highest BCUT2D eigenvalue weighted by molar-refractivity contribution is 5.92. The summed E-state index contributed by atoms with van der Waals surface area (Å²) < 4.78 is 10.9. The number of rotatable bonds is 6. The lowest BCUT2D eigenvalue weighted by Gasteiger charge is -2.25. The van der Waals surface area contributed by atoms with E-state index in [4.69, 9.17) is 9.47 Å². The quantitative estimate of drug-likeness (QED) is 0.877. The van der Waals surface area contributed by atoms with Crippen molar-refractivity contribution in [3.8, 4) is 5.75 Å². The highest BCUT2D eigenvalue weighted by atomic mass is 16.5. The molecular formula is C17H26N2O3. The number of nitrogens with zero attached hydrogens (tertiary/aromatic N) is 1. The number of hydrogen-bond acceptors (Lipinski definition) is 4. The van der Waals surface area contributed by atoms with Crippen molar-refractivity contribution in [1.82, 2.24) is 4.90 Å². The summed E-state index contributed by atoms with van der Waals surface area (Å²) in [5.74, 6) is 1.25. The molecule has 0 unspecified atom stereocenters. The van der Waals surface area contributed by atoms with Gasteiger partial charge in [-0.2, -0.15) is 0 Å². The van der Waals surface area contributed by atoms with Crippen LogP contribution in [0.15, 0.2) is 18.2 Å². The van der Waals surface area contributed by atoms with Crippen LogP contribution in [0, 0.1) is 0 Å². The zero-order chi connectivity index (χ0) is 15.9. The number of nitrogens with one attached hydrogen (secondary N) is 1. The van der Waals surface area contributed by atoms with Gasteiger partial charge < -0.3 is 14.8 Å². The number of benzene rings is 1. The molecule has 1 aromatic rings. The maximum atomic E-state index is 12.1. The maximum Gasteiger partial charge on any atom is 0.238 e. The first kappa shape index (κ1) is 16.8. The van der Waals surface area contributed by atoms with Crippen LogP contribution >= 0.6 is 0 Å². The van der Waals surface area contributed by atoms with E-state index in [2.05, 4.69) is 24.1 Å². The number of morpholine rings is 1. The first-order chi connectivity index (χ1) is 10.6. The predicted molar refractivity (Wildman–Crippen MR) is 87.6 cm³/mol. The normalized spacial score (nSPS) is 15.8. The summed E-state index contributed by atoms with van der Waals surface area (Å²) in [5.41, 5.74) is 1.94. The van der Waals surface area contributed by atoms with Gasteiger partial charge >= 0.3 is 0 Å². The van der Waals surface area contributed by atoms with Crippen molar-refractivity contribution in [3.63, 3.8) is 0 Å². The van der Waals surface area contributed by atoms with Crippen LogP contribution in [0.1, 0.15) is 32.3 Å². The molecule has 0 bridgehead atoms. The zero-order valence-electron chi connectivity index (χ0n) is 13.7. The summed E-state index contributed by atoms with van der Waals surface area (Å²) in [6.45, 7) is 10.3. The third-order valence-corrected chi connectivity index (χ3v) is 3.69. The van der Waals surface area contributed by atoms with Crippen LogP contribution in [-0.4, -0.2) is 50.3 Å². The molecule has 0 aliphatic carbocycles. The van der Waals surface area contributed by atoms with E-state index in [1.807, 2.05) is 25.1 Å². The fourth-order valence-corrected chi connectivity index (χ4v) is 2.53. The average Bonchev–Trinajstić information content (AvgIpc) is 2.49. The Labute approximate surface area is 132 Å². The molecule has 122 valence electrons. The van der Waals surface area contributed by atoms with Crippen LogP contribution in [0.3, 0.4) is 0 Å². The summed E-state index contributed by atoms with van der Waals surface area (Å²) in [5, 5.41) is 2.98. The van der Waals surface area contributed by atoms with Gasteiger partial charge in [-0.05, 0) is 36.6 Å². The van der Waals surface area contributed by atoms with E-state index < -0.39 is 0 Å². The van der Waals surface area contributed by atoms with Crippen LogP contribution in [0.5, 0.6) is 5.75 Å². The standard InChI is InChI=1S/C17H26N2O3/c1-4-22-16-6-5-14(11-15(16)13(2)3)18-17(20)12-19-7-9-21-10-8-19/h5-6,11,13H,4,7-10,12H2,1-3H3,(H,18,20). The van der Waals surface area contributed by atoms with Crippen molar-refractivity contribution in [2.24, 2.45) is 0 Å². The number of ether oxygens (including phenoxy) is 2. The fraction of sp³-hybridized carbons (Fsp3) is 0.588. The SMILES string of the molecule is CCOc1ccc(NC(=O)CN2CCOCC2)cc1C(C)C. The Balaban J connectivity index is 1.99. The molecule has 0 saturated carbocycles. The van der Waals surface area contributed by atoms with E-state index in [9.17, 15) is 4.79 Å². The molecule has 0 spiro atoms. The summed E-state index contributed by atoms with van der Waals surface area (Å²) in [6, 6.07) is 5.84. The first-order valence-electron chi connectivity index (χ1n) is 7.97. The Morgan fingerprint density at radius 1 is 1.36 bits per heavy atom. The highest BCUT2D eigenvalue weighted by Gasteiger charge is 2.15. The molecule has 1 aromatic carbocycles. The van der Waals surface area contributed by atoms with Gasteiger partial charge in [0.1, 0.15) is 5.75 Å². The molecule has 1 saturated heterocycles. The summed E-state index contributed by atoms with van der Waals surface area (Å²) in [6.07, 6.45) is 0. The molecule has 0 radical (unpaired) electrons. The molecule has 1 aliphatic heterocycles. The Hall–Kier alpha value is -1.59. The van der Waals surface area contributed by atoms with Crippen LogP contribution in [0.2, 0.25) is 0 Å². The smallest absolute Gasteiger partial charge is 0.238 e. The molecular weight excluding hydrogens is 280 g/mol. The van der Waals surface area contributed by atoms with Crippen molar-refractivity contribution in [2.75, 3.05) is 44.8 Å². The second kappa shape index (κ2) is 8.15. The minimum Gasteiger partial charge on any atom is -0.494 e. The van der Waals surface area contributed by atoms with Gasteiger partial charge in [0.15, 0.2) is 0 Å². The third-order valence-electron chi connectivity index (χ3n) is 3.69. The van der Waals surface area contributed by atoms with Gasteiger partial charge in [-0.3, -0.25) is 9.69 Å². The molecule has 0 aromatic heterocycles. The van der Waals surface area contributed by atoms with Crippen molar-refractivity contribution < 1.29 is 14.3 Å². The van der Waals surface area contributed by atoms with Crippen molar-refractivity contribution in [1.29, 1.82) is 0 Å². The van der Waals surface area contributed by atoms with Gasteiger partial charge in [0, 0.05) is 18.8 Å². The molecule has 1 N–H and O–H groups in total. The lowest BCUT2D eigenvalue weighted by molar-refractivity contribution is -0.118. The van der Waals surface area contributed by atoms with Crippen molar-refractivity contribution in [3.05, 3.63) is 23.8 Å². The minimum atomic E-state index is 0.0146. The molecule has 1 amide bonds. The van der Waals surface area contributed by atoms with Gasteiger partial charge in [0.05, 0.1) is 26.4 Å². The number of carbonyl (C=O) groups excluding carboxylic acids is 1. The van der Waals surface area contributed by atoms with Gasteiger partial charge in [-0.15, -0.1) is 0 Å². The van der Waals surface area contributed by atoms with E-state index in [-0.39, 0.29) is 5.91 Å². The first-order valence-corrected chi connectivity index (χ1v) is 7.97. The molecule has 5 nitrogen and oxygen atoms in total. The maximum absolute atomic E-state index is 12.1. The van der Waals surface area contributed by atoms with Crippen LogP contribution in [-0.2, 0) is 9.53 Å². The van der Waals surface area contributed by atoms with Crippen LogP contribution < -0.4 is 10.1 Å². The Kier molecular flexibility index (Phi) is 6.21. The van der Waals surface area contributed by atoms with Gasteiger partial charge in [-0.1, -0.05) is 13.8 Å². The van der Waals surface area contributed by atoms with Crippen LogP contribution in [0.4, 0.5) is 5.69 Å². The molecule has 0 atom stereocenters. The largest absolute Gasteiger partial charge is 0.494 e.